The van der Waals surface area contributed by atoms with E-state index in [2.05, 4.69) is 20.9 Å². The molecule has 5 heteroatoms. The van der Waals surface area contributed by atoms with Crippen LogP contribution in [-0.2, 0) is 6.54 Å². The number of rotatable bonds is 2. The number of halogens is 1. The third kappa shape index (κ3) is 2.31. The molecule has 0 aliphatic rings. The van der Waals surface area contributed by atoms with E-state index >= 15 is 0 Å². The minimum Gasteiger partial charge on any atom is -0.294 e. The van der Waals surface area contributed by atoms with Gasteiger partial charge in [-0.15, -0.1) is 11.3 Å². The highest BCUT2D eigenvalue weighted by Gasteiger charge is 2.12. The van der Waals surface area contributed by atoms with E-state index in [0.29, 0.717) is 6.54 Å². The van der Waals surface area contributed by atoms with E-state index in [1.807, 2.05) is 38.1 Å². The van der Waals surface area contributed by atoms with E-state index in [1.165, 1.54) is 0 Å². The number of aromatic nitrogens is 2. The molecular formula is C15H13BrN2OS. The summed E-state index contributed by atoms with van der Waals surface area (Å²) in [6.07, 6.45) is 1.64. The zero-order valence-corrected chi connectivity index (χ0v) is 13.6. The molecule has 2 aromatic heterocycles. The van der Waals surface area contributed by atoms with Crippen LogP contribution in [0.4, 0.5) is 0 Å². The van der Waals surface area contributed by atoms with Crippen molar-refractivity contribution >= 4 is 37.5 Å². The summed E-state index contributed by atoms with van der Waals surface area (Å²) in [6, 6.07) is 7.96. The van der Waals surface area contributed by atoms with Crippen LogP contribution >= 0.6 is 27.3 Å². The smallest absolute Gasteiger partial charge is 0.262 e. The van der Waals surface area contributed by atoms with E-state index in [-0.39, 0.29) is 5.56 Å². The topological polar surface area (TPSA) is 34.9 Å². The van der Waals surface area contributed by atoms with Gasteiger partial charge in [-0.1, -0.05) is 28.1 Å². The molecule has 0 bridgehead atoms. The van der Waals surface area contributed by atoms with E-state index in [9.17, 15) is 4.79 Å². The Hall–Kier alpha value is -1.46. The van der Waals surface area contributed by atoms with Crippen LogP contribution in [0.15, 0.2) is 39.9 Å². The van der Waals surface area contributed by atoms with Crippen LogP contribution in [0.25, 0.3) is 10.2 Å². The Balaban J connectivity index is 2.11. The highest BCUT2D eigenvalue weighted by Crippen LogP contribution is 2.25. The highest BCUT2D eigenvalue weighted by atomic mass is 79.9. The van der Waals surface area contributed by atoms with Crippen LogP contribution in [-0.4, -0.2) is 9.55 Å². The number of hydrogen-bond acceptors (Lipinski definition) is 3. The van der Waals surface area contributed by atoms with Crippen LogP contribution in [0.3, 0.4) is 0 Å². The fraction of sp³-hybridized carbons (Fsp3) is 0.200. The molecule has 0 N–H and O–H groups in total. The summed E-state index contributed by atoms with van der Waals surface area (Å²) >= 11 is 5.03. The van der Waals surface area contributed by atoms with Gasteiger partial charge in [0, 0.05) is 9.35 Å². The number of hydrogen-bond donors (Lipinski definition) is 0. The number of nitrogens with zero attached hydrogens (tertiary/aromatic N) is 2. The van der Waals surface area contributed by atoms with Crippen molar-refractivity contribution in [1.29, 1.82) is 0 Å². The lowest BCUT2D eigenvalue weighted by Crippen LogP contribution is -2.21. The molecule has 0 aliphatic carbocycles. The lowest BCUT2D eigenvalue weighted by atomic mass is 10.2. The molecule has 0 unspecified atom stereocenters. The average molecular weight is 349 g/mol. The van der Waals surface area contributed by atoms with Gasteiger partial charge >= 0.3 is 0 Å². The second-order valence-corrected chi connectivity index (χ2v) is 6.89. The molecule has 0 aliphatic heterocycles. The van der Waals surface area contributed by atoms with Crippen LogP contribution in [0.1, 0.15) is 16.0 Å². The highest BCUT2D eigenvalue weighted by molar-refractivity contribution is 9.10. The monoisotopic (exact) mass is 348 g/mol. The Morgan fingerprint density at radius 2 is 2.15 bits per heavy atom. The summed E-state index contributed by atoms with van der Waals surface area (Å²) in [5.74, 6) is 0. The second kappa shape index (κ2) is 5.14. The molecule has 0 amide bonds. The van der Waals surface area contributed by atoms with E-state index in [4.69, 9.17) is 0 Å². The average Bonchev–Trinajstić information content (AvgIpc) is 2.69. The number of thiophene rings is 1. The van der Waals surface area contributed by atoms with Crippen molar-refractivity contribution in [3.63, 3.8) is 0 Å². The summed E-state index contributed by atoms with van der Waals surface area (Å²) in [4.78, 5) is 19.0. The summed E-state index contributed by atoms with van der Waals surface area (Å²) in [7, 11) is 0. The van der Waals surface area contributed by atoms with Crippen molar-refractivity contribution in [1.82, 2.24) is 9.55 Å². The molecule has 20 heavy (non-hydrogen) atoms. The summed E-state index contributed by atoms with van der Waals surface area (Å²) in [6.45, 7) is 4.55. The first-order valence-corrected chi connectivity index (χ1v) is 7.87. The fourth-order valence-corrected chi connectivity index (χ4v) is 3.65. The summed E-state index contributed by atoms with van der Waals surface area (Å²) in [5.41, 5.74) is 2.16. The Kier molecular flexibility index (Phi) is 3.48. The molecule has 2 heterocycles. The Bertz CT molecular complexity index is 851. The van der Waals surface area contributed by atoms with Gasteiger partial charge in [-0.2, -0.15) is 0 Å². The normalized spacial score (nSPS) is 11.2. The van der Waals surface area contributed by atoms with Gasteiger partial charge < -0.3 is 0 Å². The maximum Gasteiger partial charge on any atom is 0.262 e. The van der Waals surface area contributed by atoms with Crippen LogP contribution in [0.2, 0.25) is 0 Å². The fourth-order valence-electron chi connectivity index (χ4n) is 2.21. The quantitative estimate of drug-likeness (QED) is 0.704. The predicted octanol–water partition coefficient (Wildman–Crippen LogP) is 3.89. The Labute approximate surface area is 129 Å². The SMILES string of the molecule is Cc1sc2ncn(Cc3cccc(Br)c3)c(=O)c2c1C. The molecule has 0 spiro atoms. The van der Waals surface area contributed by atoms with Crippen molar-refractivity contribution in [2.45, 2.75) is 20.4 Å². The Morgan fingerprint density at radius 3 is 2.90 bits per heavy atom. The summed E-state index contributed by atoms with van der Waals surface area (Å²) < 4.78 is 2.68. The van der Waals surface area contributed by atoms with Gasteiger partial charge in [-0.25, -0.2) is 4.98 Å². The standard InChI is InChI=1S/C15H13BrN2OS/c1-9-10(2)20-14-13(9)15(19)18(8-17-14)7-11-4-3-5-12(16)6-11/h3-6,8H,7H2,1-2H3. The Morgan fingerprint density at radius 1 is 1.35 bits per heavy atom. The van der Waals surface area contributed by atoms with Gasteiger partial charge in [-0.05, 0) is 37.1 Å². The maximum absolute atomic E-state index is 12.6. The first kappa shape index (κ1) is 13.5. The minimum atomic E-state index is 0.0387. The lowest BCUT2D eigenvalue weighted by Gasteiger charge is -2.06. The second-order valence-electron chi connectivity index (χ2n) is 4.77. The molecule has 0 radical (unpaired) electrons. The third-order valence-corrected chi connectivity index (χ3v) is 5.01. The van der Waals surface area contributed by atoms with E-state index in [1.54, 1.807) is 22.2 Å². The zero-order valence-electron chi connectivity index (χ0n) is 11.2. The molecule has 3 aromatic rings. The van der Waals surface area contributed by atoms with Gasteiger partial charge in [0.2, 0.25) is 0 Å². The number of benzene rings is 1. The summed E-state index contributed by atoms with van der Waals surface area (Å²) in [5, 5.41) is 0.755. The molecule has 102 valence electrons. The molecule has 3 nitrogen and oxygen atoms in total. The van der Waals surface area contributed by atoms with E-state index < -0.39 is 0 Å². The van der Waals surface area contributed by atoms with Crippen molar-refractivity contribution in [2.24, 2.45) is 0 Å². The molecule has 1 aromatic carbocycles. The molecule has 0 saturated carbocycles. The maximum atomic E-state index is 12.6. The number of aryl methyl sites for hydroxylation is 2. The first-order chi connectivity index (χ1) is 9.56. The molecule has 0 fully saturated rings. The van der Waals surface area contributed by atoms with Gasteiger partial charge in [0.05, 0.1) is 18.3 Å². The van der Waals surface area contributed by atoms with Gasteiger partial charge in [-0.3, -0.25) is 9.36 Å². The van der Waals surface area contributed by atoms with Gasteiger partial charge in [0.15, 0.2) is 0 Å². The predicted molar refractivity (Wildman–Crippen MR) is 86.6 cm³/mol. The molecule has 0 atom stereocenters. The molecular weight excluding hydrogens is 336 g/mol. The molecule has 0 saturated heterocycles. The lowest BCUT2D eigenvalue weighted by molar-refractivity contribution is 0.748. The first-order valence-electron chi connectivity index (χ1n) is 6.26. The van der Waals surface area contributed by atoms with Crippen molar-refractivity contribution in [3.8, 4) is 0 Å². The largest absolute Gasteiger partial charge is 0.294 e. The van der Waals surface area contributed by atoms with Crippen molar-refractivity contribution in [2.75, 3.05) is 0 Å². The van der Waals surface area contributed by atoms with Crippen LogP contribution < -0.4 is 5.56 Å². The third-order valence-electron chi connectivity index (χ3n) is 3.40. The van der Waals surface area contributed by atoms with Crippen LogP contribution in [0.5, 0.6) is 0 Å². The van der Waals surface area contributed by atoms with Crippen LogP contribution in [0, 0.1) is 13.8 Å². The van der Waals surface area contributed by atoms with Gasteiger partial charge in [0.1, 0.15) is 4.83 Å². The van der Waals surface area contributed by atoms with E-state index in [0.717, 1.165) is 30.7 Å². The van der Waals surface area contributed by atoms with Crippen molar-refractivity contribution in [3.05, 3.63) is 61.4 Å². The zero-order chi connectivity index (χ0) is 14.3. The van der Waals surface area contributed by atoms with Crippen molar-refractivity contribution < 1.29 is 0 Å². The van der Waals surface area contributed by atoms with Gasteiger partial charge in [0.25, 0.3) is 5.56 Å². The minimum absolute atomic E-state index is 0.0387. The molecule has 3 rings (SSSR count). The number of fused-ring (bicyclic) bond motifs is 1.